The average molecular weight is 1100 g/mol. The Balaban J connectivity index is 0.000000138. The lowest BCUT2D eigenvalue weighted by molar-refractivity contribution is -0.240. The minimum absolute atomic E-state index is 0.135. The van der Waals surface area contributed by atoms with Gasteiger partial charge in [0, 0.05) is 89.9 Å². The van der Waals surface area contributed by atoms with Crippen LogP contribution in [0.5, 0.6) is 0 Å². The topological polar surface area (TPSA) is 195 Å². The molecule has 0 aromatic rings. The Morgan fingerprint density at radius 2 is 0.887 bits per heavy atom. The van der Waals surface area contributed by atoms with Crippen LogP contribution in [0.4, 0.5) is 0 Å². The van der Waals surface area contributed by atoms with Gasteiger partial charge in [0.05, 0.1) is 13.2 Å². The first-order valence-corrected chi connectivity index (χ1v) is 29.8. The van der Waals surface area contributed by atoms with Crippen molar-refractivity contribution in [3.63, 3.8) is 0 Å². The molecule has 0 bridgehead atoms. The van der Waals surface area contributed by atoms with E-state index >= 15 is 0 Å². The van der Waals surface area contributed by atoms with Crippen LogP contribution in [0.15, 0.2) is 68.9 Å². The van der Waals surface area contributed by atoms with Gasteiger partial charge in [-0.25, -0.2) is 28.8 Å². The van der Waals surface area contributed by atoms with E-state index in [0.29, 0.717) is 82.8 Å². The fourth-order valence-electron chi connectivity index (χ4n) is 20.9. The predicted octanol–water partition coefficient (Wildman–Crippen LogP) is 8.77. The van der Waals surface area contributed by atoms with Gasteiger partial charge in [-0.3, -0.25) is 0 Å². The molecule has 0 unspecified atom stereocenters. The monoisotopic (exact) mass is 1100 g/mol. The summed E-state index contributed by atoms with van der Waals surface area (Å²) < 4.78 is 63.4. The molecule has 4 saturated heterocycles. The smallest absolute Gasteiger partial charge is 0.336 e. The number of hydrogen-bond acceptors (Lipinski definition) is 16. The summed E-state index contributed by atoms with van der Waals surface area (Å²) in [4.78, 5) is 77.8. The second kappa shape index (κ2) is 15.6. The summed E-state index contributed by atoms with van der Waals surface area (Å²) in [5.41, 5.74) is 4.02. The highest BCUT2D eigenvalue weighted by molar-refractivity contribution is 6.01. The van der Waals surface area contributed by atoms with Crippen molar-refractivity contribution in [3.8, 4) is 0 Å². The summed E-state index contributed by atoms with van der Waals surface area (Å²) in [5.74, 6) is -2.11. The van der Waals surface area contributed by atoms with Gasteiger partial charge in [0.2, 0.25) is 0 Å². The molecule has 10 saturated carbocycles. The molecule has 6 aliphatic heterocycles. The lowest BCUT2D eigenvalue weighted by Gasteiger charge is -2.49. The Kier molecular flexibility index (Phi) is 10.2. The Labute approximate surface area is 467 Å². The molecule has 428 valence electrons. The van der Waals surface area contributed by atoms with E-state index in [-0.39, 0.29) is 83.3 Å². The zero-order chi connectivity index (χ0) is 56.6. The van der Waals surface area contributed by atoms with Gasteiger partial charge in [-0.15, -0.1) is 0 Å². The lowest BCUT2D eigenvalue weighted by Crippen LogP contribution is -2.57. The van der Waals surface area contributed by atoms with Gasteiger partial charge >= 0.3 is 35.8 Å². The Hall–Kier alpha value is -4.90. The van der Waals surface area contributed by atoms with Crippen molar-refractivity contribution < 1.29 is 76.1 Å². The fraction of sp³-hybridized carbons (Fsp3) is 0.719. The van der Waals surface area contributed by atoms with E-state index in [4.69, 9.17) is 47.4 Å². The number of hydrogen-bond donors (Lipinski definition) is 0. The average Bonchev–Trinajstić information content (AvgIpc) is 4.07. The largest absolute Gasteiger partial charge is 0.463 e. The molecule has 16 heteroatoms. The zero-order valence-electron chi connectivity index (χ0n) is 48.3. The maximum absolute atomic E-state index is 13.2. The molecule has 14 fully saturated rings. The Morgan fingerprint density at radius 1 is 0.512 bits per heavy atom. The number of carbonyl (C=O) groups is 6. The summed E-state index contributed by atoms with van der Waals surface area (Å²) in [5, 5.41) is 0. The van der Waals surface area contributed by atoms with Gasteiger partial charge in [-0.2, -0.15) is 0 Å². The van der Waals surface area contributed by atoms with Gasteiger partial charge in [-0.1, -0.05) is 52.0 Å². The molecular weight excluding hydrogens is 1020 g/mol. The standard InChI is InChI=1S/2C32H38O8/c2*1-8-36-24(33)14(3)17-10-23-30(6,21-12-22(21)31(23,7)38-26(17)35)28-37-27-29(5)18(13(2)16-9-20(16)29)11-19-15(4)25(34)39-32(19,27)40-28/h2*16,18,20-23,27-28H,2,8-12H2,1,3-7H3/b2*17-14-/t2*16-,18+,20-,21-,22+,23-,27+,28+,29-,30+,31+,32-/m11/s1. The summed E-state index contributed by atoms with van der Waals surface area (Å²) >= 11 is 0. The van der Waals surface area contributed by atoms with Gasteiger partial charge in [-0.05, 0) is 154 Å². The molecule has 24 atom stereocenters. The molecule has 0 aromatic carbocycles. The molecule has 0 radical (unpaired) electrons. The van der Waals surface area contributed by atoms with Crippen molar-refractivity contribution in [1.29, 1.82) is 0 Å². The molecular formula is C64H76O16. The maximum atomic E-state index is 13.2. The van der Waals surface area contributed by atoms with Gasteiger partial charge in [0.1, 0.15) is 23.4 Å². The number of rotatable bonds is 6. The normalized spacial score (nSPS) is 54.0. The van der Waals surface area contributed by atoms with E-state index in [0.717, 1.165) is 36.8 Å². The number of fused-ring (bicyclic) bond motifs is 14. The van der Waals surface area contributed by atoms with Crippen LogP contribution in [0.25, 0.3) is 0 Å². The first-order valence-electron chi connectivity index (χ1n) is 29.8. The number of allylic oxidation sites excluding steroid dienone is 2. The highest BCUT2D eigenvalue weighted by atomic mass is 16.8. The third-order valence-electron chi connectivity index (χ3n) is 25.7. The number of carbonyl (C=O) groups excluding carboxylic acids is 6. The molecule has 16 aliphatic rings. The molecule has 10 aliphatic carbocycles. The van der Waals surface area contributed by atoms with Crippen molar-refractivity contribution in [2.24, 2.45) is 92.7 Å². The zero-order valence-corrected chi connectivity index (χ0v) is 48.3. The van der Waals surface area contributed by atoms with E-state index in [1.54, 1.807) is 27.7 Å². The van der Waals surface area contributed by atoms with Crippen molar-refractivity contribution in [2.75, 3.05) is 13.2 Å². The van der Waals surface area contributed by atoms with Crippen molar-refractivity contribution >= 4 is 35.8 Å². The van der Waals surface area contributed by atoms with Crippen LogP contribution >= 0.6 is 0 Å². The summed E-state index contributed by atoms with van der Waals surface area (Å²) in [6.45, 7) is 32.9. The van der Waals surface area contributed by atoms with Gasteiger partial charge in [0.25, 0.3) is 11.6 Å². The SMILES string of the molecule is C=C1[C@H]2C[C@H]2[C@]2(C)[C@@H]3O[C@H]([C@@]4(C)[C@@H]5C[C@@H]5[C@]5(C)OC(=O)/C(=C(/C)C(=O)OCC)C[C@@H]54)O[C@@]34OC(=O)C(C)=C4C[C@@H]12.C=C1[C@H]2C[C@H]2[C@]2(C)[C@@H]3O[C@H]([C@@]4(C)[C@@H]5C[C@@H]5[C@]5(C)OC(=O)/C(=C(/C)C(=O)OCC)C[C@@H]54)O[C@@]34OC(=O)C(C)=C4C[C@@H]12. The minimum Gasteiger partial charge on any atom is -0.463 e. The Bertz CT molecular complexity index is 2990. The lowest BCUT2D eigenvalue weighted by atomic mass is 9.60. The molecule has 80 heavy (non-hydrogen) atoms. The summed E-state index contributed by atoms with van der Waals surface area (Å²) in [6.07, 6.45) is 4.02. The van der Waals surface area contributed by atoms with E-state index in [2.05, 4.69) is 40.9 Å². The van der Waals surface area contributed by atoms with Crippen LogP contribution in [0, 0.1) is 92.7 Å². The van der Waals surface area contributed by atoms with Crippen LogP contribution in [-0.2, 0) is 76.1 Å². The van der Waals surface area contributed by atoms with Gasteiger partial charge in [0.15, 0.2) is 12.6 Å². The number of ether oxygens (including phenoxy) is 10. The van der Waals surface area contributed by atoms with Crippen molar-refractivity contribution in [3.05, 3.63) is 68.9 Å². The van der Waals surface area contributed by atoms with Crippen LogP contribution in [-0.4, -0.2) is 96.6 Å². The van der Waals surface area contributed by atoms with E-state index in [9.17, 15) is 28.8 Å². The third kappa shape index (κ3) is 5.84. The predicted molar refractivity (Wildman–Crippen MR) is 280 cm³/mol. The summed E-state index contributed by atoms with van der Waals surface area (Å²) in [6, 6.07) is 0. The summed E-state index contributed by atoms with van der Waals surface area (Å²) in [7, 11) is 0. The molecule has 0 aromatic heterocycles. The molecule has 0 N–H and O–H groups in total. The van der Waals surface area contributed by atoms with E-state index < -0.39 is 82.3 Å². The molecule has 2 spiro atoms. The quantitative estimate of drug-likeness (QED) is 0.106. The van der Waals surface area contributed by atoms with E-state index in [1.807, 2.05) is 27.7 Å². The first kappa shape index (κ1) is 51.9. The second-order valence-corrected chi connectivity index (χ2v) is 28.5. The van der Waals surface area contributed by atoms with Gasteiger partial charge < -0.3 is 47.4 Å². The van der Waals surface area contributed by atoms with Crippen LogP contribution in [0.2, 0.25) is 0 Å². The molecule has 16 rings (SSSR count). The van der Waals surface area contributed by atoms with Crippen molar-refractivity contribution in [2.45, 2.75) is 182 Å². The molecule has 16 nitrogen and oxygen atoms in total. The maximum Gasteiger partial charge on any atom is 0.336 e. The fourth-order valence-corrected chi connectivity index (χ4v) is 20.9. The minimum atomic E-state index is -1.23. The van der Waals surface area contributed by atoms with Crippen LogP contribution in [0.1, 0.15) is 134 Å². The highest BCUT2D eigenvalue weighted by Gasteiger charge is 2.85. The second-order valence-electron chi connectivity index (χ2n) is 28.5. The van der Waals surface area contributed by atoms with E-state index in [1.165, 1.54) is 11.1 Å². The highest BCUT2D eigenvalue weighted by Crippen LogP contribution is 2.81. The van der Waals surface area contributed by atoms with Crippen molar-refractivity contribution in [1.82, 2.24) is 0 Å². The third-order valence-corrected chi connectivity index (χ3v) is 25.7. The van der Waals surface area contributed by atoms with Crippen LogP contribution < -0.4 is 0 Å². The first-order chi connectivity index (χ1) is 37.7. The molecule has 0 amide bonds. The molecule has 6 heterocycles. The Morgan fingerprint density at radius 3 is 1.25 bits per heavy atom. The van der Waals surface area contributed by atoms with Crippen LogP contribution in [0.3, 0.4) is 0 Å². The number of esters is 6.